The van der Waals surface area contributed by atoms with Crippen LogP contribution >= 0.6 is 0 Å². The van der Waals surface area contributed by atoms with Gasteiger partial charge in [0.05, 0.1) is 31.2 Å². The Kier molecular flexibility index (Phi) is 4.33. The predicted molar refractivity (Wildman–Crippen MR) is 88.4 cm³/mol. The zero-order chi connectivity index (χ0) is 17.1. The number of H-pyrrole nitrogens is 1. The summed E-state index contributed by atoms with van der Waals surface area (Å²) in [4.78, 5) is 28.1. The molecule has 2 aromatic heterocycles. The lowest BCUT2D eigenvalue weighted by Crippen LogP contribution is -2.07. The smallest absolute Gasteiger partial charge is 0.339 e. The van der Waals surface area contributed by atoms with Gasteiger partial charge in [-0.25, -0.2) is 9.78 Å². The van der Waals surface area contributed by atoms with Gasteiger partial charge in [-0.2, -0.15) is 0 Å². The minimum absolute atomic E-state index is 0.261. The number of fused-ring (bicyclic) bond motifs is 1. The Labute approximate surface area is 137 Å². The quantitative estimate of drug-likeness (QED) is 0.724. The molecule has 7 heteroatoms. The van der Waals surface area contributed by atoms with Crippen LogP contribution in [0.5, 0.6) is 5.75 Å². The zero-order valence-corrected chi connectivity index (χ0v) is 13.4. The van der Waals surface area contributed by atoms with Crippen molar-refractivity contribution in [2.24, 2.45) is 0 Å². The molecule has 124 valence electrons. The molecule has 0 spiro atoms. The number of benzene rings is 1. The van der Waals surface area contributed by atoms with Crippen molar-refractivity contribution in [2.75, 3.05) is 13.7 Å². The molecule has 0 saturated heterocycles. The summed E-state index contributed by atoms with van der Waals surface area (Å²) in [6.07, 6.45) is 1.41. The lowest BCUT2D eigenvalue weighted by atomic mass is 10.2. The normalized spacial score (nSPS) is 10.8. The van der Waals surface area contributed by atoms with Crippen molar-refractivity contribution in [2.45, 2.75) is 13.5 Å². The molecule has 1 aromatic carbocycles. The highest BCUT2D eigenvalue weighted by molar-refractivity contribution is 5.92. The Morgan fingerprint density at radius 1 is 1.29 bits per heavy atom. The monoisotopic (exact) mass is 327 g/mol. The maximum Gasteiger partial charge on any atom is 0.339 e. The Bertz CT molecular complexity index is 925. The van der Waals surface area contributed by atoms with Gasteiger partial charge >= 0.3 is 5.97 Å². The maximum atomic E-state index is 12.1. The van der Waals surface area contributed by atoms with Crippen molar-refractivity contribution in [3.8, 4) is 5.75 Å². The van der Waals surface area contributed by atoms with Gasteiger partial charge in [-0.3, -0.25) is 14.6 Å². The summed E-state index contributed by atoms with van der Waals surface area (Å²) in [7, 11) is 1.61. The average Bonchev–Trinajstić information content (AvgIpc) is 2.91. The van der Waals surface area contributed by atoms with Crippen molar-refractivity contribution >= 4 is 17.0 Å². The van der Waals surface area contributed by atoms with E-state index in [9.17, 15) is 9.59 Å². The number of pyridine rings is 1. The van der Waals surface area contributed by atoms with Crippen molar-refractivity contribution in [3.63, 3.8) is 0 Å². The number of nitrogens with one attached hydrogen (secondary N) is 1. The van der Waals surface area contributed by atoms with Crippen molar-refractivity contribution in [1.82, 2.24) is 14.8 Å². The van der Waals surface area contributed by atoms with Crippen LogP contribution in [-0.4, -0.2) is 34.5 Å². The van der Waals surface area contributed by atoms with E-state index in [-0.39, 0.29) is 17.7 Å². The lowest BCUT2D eigenvalue weighted by Gasteiger charge is -2.06. The molecule has 24 heavy (non-hydrogen) atoms. The van der Waals surface area contributed by atoms with Gasteiger partial charge in [0.15, 0.2) is 5.65 Å². The Balaban J connectivity index is 1.94. The minimum Gasteiger partial charge on any atom is -0.497 e. The first kappa shape index (κ1) is 15.8. The molecule has 2 heterocycles. The number of carbonyl (C=O) groups is 1. The van der Waals surface area contributed by atoms with Crippen LogP contribution in [0.2, 0.25) is 0 Å². The van der Waals surface area contributed by atoms with E-state index in [4.69, 9.17) is 9.47 Å². The Hall–Kier alpha value is -3.09. The fraction of sp³-hybridized carbons (Fsp3) is 0.235. The van der Waals surface area contributed by atoms with Crippen LogP contribution in [0.3, 0.4) is 0 Å². The second-order valence-electron chi connectivity index (χ2n) is 5.19. The molecule has 0 bridgehead atoms. The summed E-state index contributed by atoms with van der Waals surface area (Å²) in [6, 6.07) is 9.03. The maximum absolute atomic E-state index is 12.1. The molecule has 0 aliphatic carbocycles. The van der Waals surface area contributed by atoms with Crippen LogP contribution in [0.1, 0.15) is 22.8 Å². The van der Waals surface area contributed by atoms with E-state index in [1.54, 1.807) is 18.7 Å². The van der Waals surface area contributed by atoms with E-state index >= 15 is 0 Å². The van der Waals surface area contributed by atoms with E-state index in [0.717, 1.165) is 11.3 Å². The van der Waals surface area contributed by atoms with E-state index in [1.807, 2.05) is 24.3 Å². The first-order valence-electron chi connectivity index (χ1n) is 7.51. The number of aromatic nitrogens is 3. The van der Waals surface area contributed by atoms with Crippen LogP contribution in [0.15, 0.2) is 41.3 Å². The van der Waals surface area contributed by atoms with Crippen LogP contribution in [0.25, 0.3) is 11.0 Å². The molecular formula is C17H17N3O4. The molecule has 0 saturated carbocycles. The fourth-order valence-corrected chi connectivity index (χ4v) is 2.43. The summed E-state index contributed by atoms with van der Waals surface area (Å²) in [5, 5.41) is 3.10. The van der Waals surface area contributed by atoms with Gasteiger partial charge in [0.1, 0.15) is 5.75 Å². The van der Waals surface area contributed by atoms with Gasteiger partial charge in [0.25, 0.3) is 5.56 Å². The van der Waals surface area contributed by atoms with Crippen molar-refractivity contribution in [3.05, 3.63) is 58.0 Å². The van der Waals surface area contributed by atoms with Gasteiger partial charge in [-0.1, -0.05) is 12.1 Å². The average molecular weight is 327 g/mol. The fourth-order valence-electron chi connectivity index (χ4n) is 2.43. The second-order valence-corrected chi connectivity index (χ2v) is 5.19. The van der Waals surface area contributed by atoms with E-state index in [1.165, 1.54) is 12.3 Å². The zero-order valence-electron chi connectivity index (χ0n) is 13.4. The number of esters is 1. The lowest BCUT2D eigenvalue weighted by molar-refractivity contribution is 0.0526. The molecule has 0 fully saturated rings. The number of ether oxygens (including phenoxy) is 2. The highest BCUT2D eigenvalue weighted by Crippen LogP contribution is 2.15. The highest BCUT2D eigenvalue weighted by Gasteiger charge is 2.13. The molecule has 0 amide bonds. The second kappa shape index (κ2) is 6.57. The summed E-state index contributed by atoms with van der Waals surface area (Å²) in [5.74, 6) is 0.274. The minimum atomic E-state index is -0.491. The Morgan fingerprint density at radius 3 is 2.71 bits per heavy atom. The molecule has 0 aliphatic heterocycles. The number of aromatic amines is 1. The SMILES string of the molecule is CCOC(=O)c1cnc2c(c1)c(=O)[nH]n2Cc1ccc(OC)cc1. The topological polar surface area (TPSA) is 86.2 Å². The summed E-state index contributed by atoms with van der Waals surface area (Å²) in [6.45, 7) is 2.45. The van der Waals surface area contributed by atoms with E-state index in [2.05, 4.69) is 10.1 Å². The molecule has 7 nitrogen and oxygen atoms in total. The number of hydrogen-bond acceptors (Lipinski definition) is 5. The number of nitrogens with zero attached hydrogens (tertiary/aromatic N) is 2. The highest BCUT2D eigenvalue weighted by atomic mass is 16.5. The summed E-state index contributed by atoms with van der Waals surface area (Å²) < 4.78 is 11.7. The van der Waals surface area contributed by atoms with Gasteiger partial charge in [0.2, 0.25) is 0 Å². The van der Waals surface area contributed by atoms with Crippen molar-refractivity contribution < 1.29 is 14.3 Å². The molecule has 0 unspecified atom stereocenters. The largest absolute Gasteiger partial charge is 0.497 e. The first-order valence-corrected chi connectivity index (χ1v) is 7.51. The van der Waals surface area contributed by atoms with E-state index in [0.29, 0.717) is 17.6 Å². The Morgan fingerprint density at radius 2 is 2.04 bits per heavy atom. The number of hydrogen-bond donors (Lipinski definition) is 1. The molecule has 0 radical (unpaired) electrons. The van der Waals surface area contributed by atoms with Gasteiger partial charge in [-0.05, 0) is 30.7 Å². The van der Waals surface area contributed by atoms with Gasteiger partial charge < -0.3 is 9.47 Å². The third-order valence-corrected chi connectivity index (χ3v) is 3.61. The first-order chi connectivity index (χ1) is 11.6. The molecule has 3 rings (SSSR count). The van der Waals surface area contributed by atoms with Gasteiger partial charge in [0, 0.05) is 6.20 Å². The van der Waals surface area contributed by atoms with Crippen LogP contribution in [0.4, 0.5) is 0 Å². The number of rotatable bonds is 5. The molecule has 1 N–H and O–H groups in total. The van der Waals surface area contributed by atoms with E-state index < -0.39 is 5.97 Å². The third-order valence-electron chi connectivity index (χ3n) is 3.61. The molecule has 0 aliphatic rings. The number of carbonyl (C=O) groups excluding carboxylic acids is 1. The predicted octanol–water partition coefficient (Wildman–Crippen LogP) is 1.96. The van der Waals surface area contributed by atoms with Gasteiger partial charge in [-0.15, -0.1) is 0 Å². The molecular weight excluding hydrogens is 310 g/mol. The molecule has 3 aromatic rings. The summed E-state index contributed by atoms with van der Waals surface area (Å²) >= 11 is 0. The standard InChI is InChI=1S/C17H17N3O4/c1-3-24-17(22)12-8-14-15(18-9-12)20(19-16(14)21)10-11-4-6-13(23-2)7-5-11/h4-9H,3,10H2,1-2H3,(H,19,21). The number of methoxy groups -OCH3 is 1. The molecule has 0 atom stereocenters. The van der Waals surface area contributed by atoms with Crippen LogP contribution < -0.4 is 10.3 Å². The summed E-state index contributed by atoms with van der Waals surface area (Å²) in [5.41, 5.74) is 1.44. The van der Waals surface area contributed by atoms with Crippen molar-refractivity contribution in [1.29, 1.82) is 0 Å². The third kappa shape index (κ3) is 3.01. The van der Waals surface area contributed by atoms with Crippen LogP contribution in [0, 0.1) is 0 Å². The van der Waals surface area contributed by atoms with Crippen LogP contribution in [-0.2, 0) is 11.3 Å².